The third-order valence-corrected chi connectivity index (χ3v) is 3.90. The molecule has 3 aliphatic heterocycles. The van der Waals surface area contributed by atoms with Gasteiger partial charge in [0.1, 0.15) is 24.2 Å². The molecule has 0 spiro atoms. The van der Waals surface area contributed by atoms with Crippen molar-refractivity contribution < 1.29 is 24.4 Å². The van der Waals surface area contributed by atoms with Crippen molar-refractivity contribution in [3.8, 4) is 0 Å². The highest BCUT2D eigenvalue weighted by Crippen LogP contribution is 2.49. The average molecular weight is 251 g/mol. The molecule has 0 saturated carbocycles. The second kappa shape index (κ2) is 2.44. The van der Waals surface area contributed by atoms with E-state index in [2.05, 4.69) is 15.9 Å². The van der Waals surface area contributed by atoms with Crippen molar-refractivity contribution >= 4 is 21.9 Å². The molecule has 13 heavy (non-hydrogen) atoms. The lowest BCUT2D eigenvalue weighted by Crippen LogP contribution is -2.44. The molecule has 72 valence electrons. The van der Waals surface area contributed by atoms with Crippen molar-refractivity contribution in [2.75, 3.05) is 0 Å². The van der Waals surface area contributed by atoms with Gasteiger partial charge in [-0.25, -0.2) is 9.78 Å². The normalized spacial score (nSPS) is 57.3. The first-order chi connectivity index (χ1) is 6.20. The van der Waals surface area contributed by atoms with E-state index < -0.39 is 18.0 Å². The molecule has 0 aromatic carbocycles. The lowest BCUT2D eigenvalue weighted by molar-refractivity contribution is -0.294. The summed E-state index contributed by atoms with van der Waals surface area (Å²) >= 11 is 3.36. The van der Waals surface area contributed by atoms with E-state index in [0.29, 0.717) is 0 Å². The Morgan fingerprint density at radius 3 is 2.54 bits per heavy atom. The van der Waals surface area contributed by atoms with Crippen molar-refractivity contribution in [3.63, 3.8) is 0 Å². The maximum Gasteiger partial charge on any atom is 0.312 e. The topological polar surface area (TPSA) is 65.0 Å². The van der Waals surface area contributed by atoms with Crippen molar-refractivity contribution in [3.05, 3.63) is 0 Å². The maximum atomic E-state index is 10.9. The van der Waals surface area contributed by atoms with E-state index in [1.165, 1.54) is 0 Å². The Morgan fingerprint density at radius 1 is 1.15 bits per heavy atom. The molecule has 6 heteroatoms. The van der Waals surface area contributed by atoms with E-state index in [0.717, 1.165) is 0 Å². The first-order valence-electron chi connectivity index (χ1n) is 4.04. The maximum absolute atomic E-state index is 10.9. The van der Waals surface area contributed by atoms with Crippen molar-refractivity contribution in [1.29, 1.82) is 0 Å². The molecular formula is C7H7BrO5. The van der Waals surface area contributed by atoms with Crippen LogP contribution in [0.4, 0.5) is 0 Å². The van der Waals surface area contributed by atoms with Gasteiger partial charge in [0.05, 0.1) is 10.9 Å². The molecule has 0 aromatic heterocycles. The number of ether oxygens (including phenoxy) is 1. The number of rotatable bonds is 1. The summed E-state index contributed by atoms with van der Waals surface area (Å²) in [6.45, 7) is 0. The fourth-order valence-electron chi connectivity index (χ4n) is 2.27. The van der Waals surface area contributed by atoms with Gasteiger partial charge in [0.25, 0.3) is 0 Å². The second-order valence-corrected chi connectivity index (χ2v) is 4.55. The first-order valence-corrected chi connectivity index (χ1v) is 4.96. The Balaban J connectivity index is 1.98. The van der Waals surface area contributed by atoms with Crippen LogP contribution in [0.5, 0.6) is 0 Å². The number of carbonyl (C=O) groups is 1. The Bertz CT molecular complexity index is 270. The summed E-state index contributed by atoms with van der Waals surface area (Å²) in [5.74, 6) is -1.49. The molecule has 3 saturated heterocycles. The Hall–Kier alpha value is -0.170. The summed E-state index contributed by atoms with van der Waals surface area (Å²) in [5, 5.41) is 8.94. The standard InChI is InChI=1S/C7H7BrO5/c8-2-3-1(7(9)10)4-6(11-3)5(2)13-12-4/h1-6H,(H,9,10). The van der Waals surface area contributed by atoms with Crippen LogP contribution in [-0.2, 0) is 19.3 Å². The predicted octanol–water partition coefficient (Wildman–Crippen LogP) is -0.0693. The van der Waals surface area contributed by atoms with E-state index in [9.17, 15) is 4.79 Å². The molecule has 0 radical (unpaired) electrons. The highest BCUT2D eigenvalue weighted by Gasteiger charge is 2.67. The Morgan fingerprint density at radius 2 is 1.85 bits per heavy atom. The zero-order chi connectivity index (χ0) is 9.16. The number of hydrogen-bond acceptors (Lipinski definition) is 4. The number of fused-ring (bicyclic) bond motifs is 1. The molecule has 3 fully saturated rings. The SMILES string of the molecule is O=C(O)C1C2OC3C(OOC31)C2Br. The van der Waals surface area contributed by atoms with Crippen LogP contribution >= 0.6 is 15.9 Å². The van der Waals surface area contributed by atoms with Gasteiger partial charge >= 0.3 is 5.97 Å². The molecule has 6 atom stereocenters. The monoisotopic (exact) mass is 250 g/mol. The zero-order valence-electron chi connectivity index (χ0n) is 6.42. The number of carboxylic acids is 1. The van der Waals surface area contributed by atoms with E-state index in [1.807, 2.05) is 0 Å². The van der Waals surface area contributed by atoms with Crippen LogP contribution < -0.4 is 0 Å². The van der Waals surface area contributed by atoms with Crippen LogP contribution in [0.25, 0.3) is 0 Å². The summed E-state index contributed by atoms with van der Waals surface area (Å²) in [7, 11) is 0. The van der Waals surface area contributed by atoms with Gasteiger partial charge < -0.3 is 9.84 Å². The quantitative estimate of drug-likeness (QED) is 0.522. The van der Waals surface area contributed by atoms with Gasteiger partial charge in [-0.2, -0.15) is 0 Å². The number of hydrogen-bond donors (Lipinski definition) is 1. The summed E-state index contributed by atoms with van der Waals surface area (Å²) in [4.78, 5) is 20.7. The van der Waals surface area contributed by atoms with Gasteiger partial charge in [-0.05, 0) is 0 Å². The van der Waals surface area contributed by atoms with Crippen LogP contribution in [0.1, 0.15) is 0 Å². The van der Waals surface area contributed by atoms with E-state index >= 15 is 0 Å². The predicted molar refractivity (Wildman–Crippen MR) is 42.2 cm³/mol. The molecule has 6 unspecified atom stereocenters. The highest BCUT2D eigenvalue weighted by atomic mass is 79.9. The van der Waals surface area contributed by atoms with Gasteiger partial charge in [-0.15, -0.1) is 0 Å². The number of alkyl halides is 1. The number of carboxylic acid groups (broad SMARTS) is 1. The van der Waals surface area contributed by atoms with Gasteiger partial charge in [0.15, 0.2) is 0 Å². The molecular weight excluding hydrogens is 244 g/mol. The Kier molecular flexibility index (Phi) is 1.53. The van der Waals surface area contributed by atoms with Crippen LogP contribution in [-0.4, -0.2) is 40.3 Å². The summed E-state index contributed by atoms with van der Waals surface area (Å²) in [6, 6.07) is 0. The molecule has 2 bridgehead atoms. The third-order valence-electron chi connectivity index (χ3n) is 2.86. The fraction of sp³-hybridized carbons (Fsp3) is 0.857. The van der Waals surface area contributed by atoms with Crippen LogP contribution in [0.15, 0.2) is 0 Å². The first kappa shape index (κ1) is 8.16. The number of aliphatic carboxylic acids is 1. The molecule has 3 heterocycles. The van der Waals surface area contributed by atoms with Crippen LogP contribution in [0.3, 0.4) is 0 Å². The highest BCUT2D eigenvalue weighted by molar-refractivity contribution is 9.09. The van der Waals surface area contributed by atoms with E-state index in [4.69, 9.17) is 19.6 Å². The molecule has 3 aliphatic rings. The van der Waals surface area contributed by atoms with Gasteiger partial charge in [-0.1, -0.05) is 15.9 Å². The van der Waals surface area contributed by atoms with E-state index in [-0.39, 0.29) is 23.1 Å². The lowest BCUT2D eigenvalue weighted by Gasteiger charge is -2.20. The average Bonchev–Trinajstić information content (AvgIpc) is 2.61. The van der Waals surface area contributed by atoms with Crippen LogP contribution in [0, 0.1) is 5.92 Å². The van der Waals surface area contributed by atoms with Gasteiger partial charge in [-0.3, -0.25) is 4.79 Å². The molecule has 0 aromatic rings. The van der Waals surface area contributed by atoms with Crippen molar-refractivity contribution in [2.45, 2.75) is 29.2 Å². The molecule has 0 aliphatic carbocycles. The Labute approximate surface area is 82.0 Å². The van der Waals surface area contributed by atoms with Crippen LogP contribution in [0.2, 0.25) is 0 Å². The van der Waals surface area contributed by atoms with Gasteiger partial charge in [0, 0.05) is 0 Å². The van der Waals surface area contributed by atoms with Crippen molar-refractivity contribution in [2.24, 2.45) is 5.92 Å². The summed E-state index contributed by atoms with van der Waals surface area (Å²) in [6.07, 6.45) is -1.11. The minimum Gasteiger partial charge on any atom is -0.481 e. The minimum atomic E-state index is -0.883. The zero-order valence-corrected chi connectivity index (χ0v) is 8.01. The minimum absolute atomic E-state index is 0.0719. The lowest BCUT2D eigenvalue weighted by atomic mass is 9.85. The van der Waals surface area contributed by atoms with E-state index in [1.54, 1.807) is 0 Å². The summed E-state index contributed by atoms with van der Waals surface area (Å²) < 4.78 is 5.47. The van der Waals surface area contributed by atoms with Gasteiger partial charge in [0.2, 0.25) is 0 Å². The number of halogens is 1. The summed E-state index contributed by atoms with van der Waals surface area (Å²) in [5.41, 5.74) is 0. The second-order valence-electron chi connectivity index (χ2n) is 3.50. The van der Waals surface area contributed by atoms with Crippen molar-refractivity contribution in [1.82, 2.24) is 0 Å². The fourth-order valence-corrected chi connectivity index (χ4v) is 3.11. The molecule has 3 rings (SSSR count). The third kappa shape index (κ3) is 0.843. The largest absolute Gasteiger partial charge is 0.481 e. The smallest absolute Gasteiger partial charge is 0.312 e. The molecule has 5 nitrogen and oxygen atoms in total. The molecule has 1 N–H and O–H groups in total. The molecule has 0 amide bonds.